The lowest BCUT2D eigenvalue weighted by atomic mass is 10.1. The van der Waals surface area contributed by atoms with Gasteiger partial charge in [0.05, 0.1) is 24.0 Å². The van der Waals surface area contributed by atoms with Gasteiger partial charge in [-0.25, -0.2) is 8.42 Å². The highest BCUT2D eigenvalue weighted by molar-refractivity contribution is 8.15. The van der Waals surface area contributed by atoms with Gasteiger partial charge in [-0.15, -0.1) is 0 Å². The first-order valence-corrected chi connectivity index (χ1v) is 13.2. The first-order valence-electron chi connectivity index (χ1n) is 10.5. The van der Waals surface area contributed by atoms with E-state index in [-0.39, 0.29) is 34.7 Å². The van der Waals surface area contributed by atoms with Gasteiger partial charge in [-0.05, 0) is 43.0 Å². The third kappa shape index (κ3) is 6.11. The Balaban J connectivity index is 1.23. The molecule has 4 rings (SSSR count). The summed E-state index contributed by atoms with van der Waals surface area (Å²) in [6, 6.07) is 18.0. The molecular weight excluding hydrogens is 430 g/mol. The Morgan fingerprint density at radius 2 is 1.84 bits per heavy atom. The van der Waals surface area contributed by atoms with Crippen LogP contribution >= 0.6 is 11.8 Å². The number of rotatable bonds is 7. The molecule has 31 heavy (non-hydrogen) atoms. The molecule has 2 N–H and O–H groups in total. The number of carbonyl (C=O) groups excluding carboxylic acids is 1. The summed E-state index contributed by atoms with van der Waals surface area (Å²) < 4.78 is 23.3. The Bertz CT molecular complexity index is 1050. The molecule has 2 aromatic carbocycles. The molecule has 2 heterocycles. The third-order valence-electron chi connectivity index (χ3n) is 5.50. The lowest BCUT2D eigenvalue weighted by Gasteiger charge is -2.14. The summed E-state index contributed by atoms with van der Waals surface area (Å²) in [5.41, 5.74) is 3.11. The number of aryl methyl sites for hydroxylation is 1. The van der Waals surface area contributed by atoms with Crippen molar-refractivity contribution in [2.24, 2.45) is 4.99 Å². The number of nitrogens with zero attached hydrogens (tertiary/aromatic N) is 1. The van der Waals surface area contributed by atoms with Crippen LogP contribution in [0.2, 0.25) is 0 Å². The van der Waals surface area contributed by atoms with E-state index in [9.17, 15) is 13.2 Å². The smallest absolute Gasteiger partial charge is 0.224 e. The second-order valence-electron chi connectivity index (χ2n) is 8.23. The number of sulfone groups is 1. The van der Waals surface area contributed by atoms with Crippen molar-refractivity contribution in [2.45, 2.75) is 43.5 Å². The maximum atomic E-state index is 12.4. The van der Waals surface area contributed by atoms with E-state index in [4.69, 9.17) is 0 Å². The van der Waals surface area contributed by atoms with Gasteiger partial charge < -0.3 is 10.6 Å². The molecule has 1 amide bonds. The van der Waals surface area contributed by atoms with Crippen molar-refractivity contribution < 1.29 is 13.2 Å². The van der Waals surface area contributed by atoms with Crippen molar-refractivity contribution in [3.8, 4) is 0 Å². The Morgan fingerprint density at radius 3 is 2.55 bits per heavy atom. The molecule has 0 aliphatic carbocycles. The number of anilines is 1. The molecule has 2 aromatic rings. The molecule has 0 bridgehead atoms. The second-order valence-corrected chi connectivity index (χ2v) is 11.6. The van der Waals surface area contributed by atoms with Crippen LogP contribution in [0, 0.1) is 0 Å². The van der Waals surface area contributed by atoms with E-state index in [2.05, 4.69) is 27.8 Å². The van der Waals surface area contributed by atoms with Gasteiger partial charge in [-0.2, -0.15) is 0 Å². The number of aliphatic imine (C=N–C) groups is 1. The predicted molar refractivity (Wildman–Crippen MR) is 127 cm³/mol. The molecule has 6 nitrogen and oxygen atoms in total. The molecule has 0 radical (unpaired) electrons. The zero-order valence-corrected chi connectivity index (χ0v) is 19.1. The molecule has 164 valence electrons. The van der Waals surface area contributed by atoms with Gasteiger partial charge in [0.25, 0.3) is 0 Å². The zero-order valence-electron chi connectivity index (χ0n) is 17.5. The van der Waals surface area contributed by atoms with Gasteiger partial charge in [-0.1, -0.05) is 54.2 Å². The fourth-order valence-corrected chi connectivity index (χ4v) is 7.53. The lowest BCUT2D eigenvalue weighted by molar-refractivity contribution is -0.121. The number of carbonyl (C=O) groups is 1. The Kier molecular flexibility index (Phi) is 6.67. The second kappa shape index (κ2) is 9.44. The minimum Gasteiger partial charge on any atom is -0.353 e. The van der Waals surface area contributed by atoms with Crippen LogP contribution in [0.4, 0.5) is 5.69 Å². The van der Waals surface area contributed by atoms with Crippen LogP contribution in [-0.4, -0.2) is 48.3 Å². The maximum absolute atomic E-state index is 12.4. The van der Waals surface area contributed by atoms with E-state index in [0.717, 1.165) is 29.3 Å². The number of nitrogens with one attached hydrogen (secondary N) is 2. The van der Waals surface area contributed by atoms with Crippen molar-refractivity contribution in [3.05, 3.63) is 65.7 Å². The van der Waals surface area contributed by atoms with Crippen molar-refractivity contribution >= 4 is 38.4 Å². The molecule has 1 saturated heterocycles. The molecule has 0 spiro atoms. The molecule has 3 atom stereocenters. The Morgan fingerprint density at radius 1 is 1.10 bits per heavy atom. The molecule has 8 heteroatoms. The fraction of sp³-hybridized carbons (Fsp3) is 0.391. The van der Waals surface area contributed by atoms with E-state index in [1.54, 1.807) is 0 Å². The topological polar surface area (TPSA) is 87.6 Å². The minimum atomic E-state index is -2.94. The Labute approximate surface area is 187 Å². The third-order valence-corrected chi connectivity index (χ3v) is 8.65. The molecule has 1 fully saturated rings. The monoisotopic (exact) mass is 457 g/mol. The van der Waals surface area contributed by atoms with Crippen LogP contribution in [0.5, 0.6) is 0 Å². The molecule has 0 aromatic heterocycles. The SMILES string of the molecule is C[C@H](CCc1ccccc1)NC(=O)Cc1ccc(NC2=N[C@H]3CS(=O)(=O)C[C@H]3S2)cc1. The normalized spacial score (nSPS) is 22.4. The van der Waals surface area contributed by atoms with Crippen LogP contribution in [0.3, 0.4) is 0 Å². The summed E-state index contributed by atoms with van der Waals surface area (Å²) >= 11 is 1.50. The van der Waals surface area contributed by atoms with Gasteiger partial charge >= 0.3 is 0 Å². The molecular formula is C23H27N3O3S2. The largest absolute Gasteiger partial charge is 0.353 e. The number of fused-ring (bicyclic) bond motifs is 1. The highest BCUT2D eigenvalue weighted by Gasteiger charge is 2.42. The molecule has 2 aliphatic rings. The molecule has 2 aliphatic heterocycles. The summed E-state index contributed by atoms with van der Waals surface area (Å²) in [7, 11) is -2.94. The summed E-state index contributed by atoms with van der Waals surface area (Å²) in [6.07, 6.45) is 2.19. The van der Waals surface area contributed by atoms with E-state index in [1.165, 1.54) is 17.3 Å². The van der Waals surface area contributed by atoms with Crippen LogP contribution in [0.15, 0.2) is 59.6 Å². The lowest BCUT2D eigenvalue weighted by Crippen LogP contribution is -2.34. The van der Waals surface area contributed by atoms with Gasteiger partial charge in [-0.3, -0.25) is 9.79 Å². The van der Waals surface area contributed by atoms with Gasteiger partial charge in [0.1, 0.15) is 0 Å². The standard InChI is InChI=1S/C23H27N3O3S2/c1-16(7-8-17-5-3-2-4-6-17)24-22(27)13-18-9-11-19(12-10-18)25-23-26-20-14-31(28,29)15-21(20)30-23/h2-6,9-12,16,20-21H,7-8,13-15H2,1H3,(H,24,27)(H,25,26)/t16-,20+,21-/m1/s1. The van der Waals surface area contributed by atoms with Crippen LogP contribution in [-0.2, 0) is 27.5 Å². The number of benzene rings is 2. The summed E-state index contributed by atoms with van der Waals surface area (Å²) in [5.74, 6) is 0.369. The van der Waals surface area contributed by atoms with Gasteiger partial charge in [0.15, 0.2) is 15.0 Å². The summed E-state index contributed by atoms with van der Waals surface area (Å²) in [4.78, 5) is 16.9. The van der Waals surface area contributed by atoms with E-state index in [0.29, 0.717) is 6.42 Å². The van der Waals surface area contributed by atoms with Crippen molar-refractivity contribution in [2.75, 3.05) is 16.8 Å². The number of hydrogen-bond acceptors (Lipinski definition) is 6. The van der Waals surface area contributed by atoms with E-state index < -0.39 is 9.84 Å². The highest BCUT2D eigenvalue weighted by Crippen LogP contribution is 2.34. The Hall–Kier alpha value is -2.32. The fourth-order valence-electron chi connectivity index (χ4n) is 3.86. The van der Waals surface area contributed by atoms with E-state index in [1.807, 2.05) is 49.4 Å². The van der Waals surface area contributed by atoms with Gasteiger partial charge in [0.2, 0.25) is 5.91 Å². The summed E-state index contributed by atoms with van der Waals surface area (Å²) in [6.45, 7) is 2.04. The van der Waals surface area contributed by atoms with Crippen LogP contribution < -0.4 is 10.6 Å². The first-order chi connectivity index (χ1) is 14.9. The number of hydrogen-bond donors (Lipinski definition) is 2. The van der Waals surface area contributed by atoms with Crippen molar-refractivity contribution in [1.29, 1.82) is 0 Å². The van der Waals surface area contributed by atoms with Crippen molar-refractivity contribution in [1.82, 2.24) is 5.32 Å². The maximum Gasteiger partial charge on any atom is 0.224 e. The highest BCUT2D eigenvalue weighted by atomic mass is 32.2. The minimum absolute atomic E-state index is 0.0195. The van der Waals surface area contributed by atoms with Crippen LogP contribution in [0.1, 0.15) is 24.5 Å². The predicted octanol–water partition coefficient (Wildman–Crippen LogP) is 3.05. The van der Waals surface area contributed by atoms with Crippen LogP contribution in [0.25, 0.3) is 0 Å². The average Bonchev–Trinajstić information content (AvgIpc) is 3.21. The summed E-state index contributed by atoms with van der Waals surface area (Å²) in [5, 5.41) is 7.13. The number of thioether (sulfide) groups is 1. The molecule has 0 saturated carbocycles. The first kappa shape index (κ1) is 21.9. The van der Waals surface area contributed by atoms with E-state index >= 15 is 0 Å². The average molecular weight is 458 g/mol. The molecule has 0 unspecified atom stereocenters. The quantitative estimate of drug-likeness (QED) is 0.667. The van der Waals surface area contributed by atoms with Crippen molar-refractivity contribution in [3.63, 3.8) is 0 Å². The number of amides is 1. The number of amidine groups is 1. The van der Waals surface area contributed by atoms with Gasteiger partial charge in [0, 0.05) is 17.0 Å². The zero-order chi connectivity index (χ0) is 21.8.